The second-order valence-corrected chi connectivity index (χ2v) is 3.90. The Bertz CT molecular complexity index is 312. The molecule has 0 aromatic carbocycles. The highest BCUT2D eigenvalue weighted by atomic mass is 128. The molecule has 0 saturated carbocycles. The number of hydrogen-bond acceptors (Lipinski definition) is 2. The van der Waals surface area contributed by atoms with Gasteiger partial charge in [-0.15, -0.1) is 0 Å². The van der Waals surface area contributed by atoms with Gasteiger partial charge in [0.25, 0.3) is 0 Å². The lowest BCUT2D eigenvalue weighted by molar-refractivity contribution is -0.692. The Morgan fingerprint density at radius 3 is 2.87 bits per heavy atom. The van der Waals surface area contributed by atoms with Crippen LogP contribution in [0, 0.1) is 0 Å². The van der Waals surface area contributed by atoms with E-state index >= 15 is 0 Å². The number of hydrogen-bond donors (Lipinski definition) is 1. The van der Waals surface area contributed by atoms with E-state index in [4.69, 9.17) is 11.6 Å². The van der Waals surface area contributed by atoms with E-state index in [1.165, 1.54) is 0 Å². The van der Waals surface area contributed by atoms with E-state index < -0.39 is 0 Å². The molecule has 0 aliphatic carbocycles. The smallest absolute Gasteiger partial charge is 0.313 e. The summed E-state index contributed by atoms with van der Waals surface area (Å²) in [6, 6.07) is 0.515. The minimum atomic E-state index is 0. The van der Waals surface area contributed by atoms with Crippen molar-refractivity contribution in [2.24, 2.45) is 0 Å². The minimum Gasteiger partial charge on any atom is -1.00 e. The lowest BCUT2D eigenvalue weighted by atomic mass is 10.4. The van der Waals surface area contributed by atoms with Gasteiger partial charge in [0.15, 0.2) is 0 Å². The Balaban J connectivity index is 0.000000617. The van der Waals surface area contributed by atoms with Gasteiger partial charge in [-0.1, -0.05) is 34.2 Å². The van der Waals surface area contributed by atoms with Gasteiger partial charge in [-0.2, -0.15) is 0 Å². The maximum atomic E-state index is 5.90. The van der Waals surface area contributed by atoms with Crippen LogP contribution < -0.4 is 33.9 Å². The van der Waals surface area contributed by atoms with Crippen LogP contribution in [-0.2, 0) is 0 Å². The first-order valence-electron chi connectivity index (χ1n) is 3.82. The van der Waals surface area contributed by atoms with Crippen molar-refractivity contribution in [2.75, 3.05) is 16.3 Å². The van der Waals surface area contributed by atoms with Gasteiger partial charge in [-0.3, -0.25) is 5.32 Å². The van der Waals surface area contributed by atoms with Gasteiger partial charge in [-0.05, 0) is 0 Å². The van der Waals surface area contributed by atoms with Gasteiger partial charge in [-0.25, -0.2) is 9.55 Å². The highest BCUT2D eigenvalue weighted by Crippen LogP contribution is 2.21. The van der Waals surface area contributed by atoms with Gasteiger partial charge in [0, 0.05) is 41.7 Å². The van der Waals surface area contributed by atoms with Crippen LogP contribution in [0.5, 0.6) is 0 Å². The fourth-order valence-electron chi connectivity index (χ4n) is 1.32. The number of fused-ring (bicyclic) bond motifs is 1. The second-order valence-electron chi connectivity index (χ2n) is 2.66. The summed E-state index contributed by atoms with van der Waals surface area (Å²) < 4.78 is 3.23. The van der Waals surface area contributed by atoms with E-state index in [1.54, 1.807) is 6.20 Å². The van der Waals surface area contributed by atoms with Crippen LogP contribution in [0.15, 0.2) is 12.4 Å². The summed E-state index contributed by atoms with van der Waals surface area (Å²) in [7, 11) is 0. The predicted octanol–water partition coefficient (Wildman–Crippen LogP) is 0.200. The third-order valence-electron chi connectivity index (χ3n) is 1.95. The van der Waals surface area contributed by atoms with Crippen molar-refractivity contribution in [2.45, 2.75) is 6.04 Å². The SMILES string of the molecule is Clc1ncc[n+]2c1NCC2CI.II.[I-]. The topological polar surface area (TPSA) is 28.8 Å². The molecule has 86 valence electrons. The molecular formula is C7H8ClI4N3. The van der Waals surface area contributed by atoms with Gasteiger partial charge in [0.2, 0.25) is 5.15 Å². The molecule has 2 heterocycles. The number of aromatic nitrogens is 2. The quantitative estimate of drug-likeness (QED) is 0.262. The molecule has 1 aliphatic heterocycles. The average Bonchev–Trinajstić information content (AvgIpc) is 2.65. The molecule has 1 aromatic rings. The molecule has 1 atom stereocenters. The Labute approximate surface area is 148 Å². The van der Waals surface area contributed by atoms with Gasteiger partial charge in [0.1, 0.15) is 18.8 Å². The molecular weight excluding hydrogens is 669 g/mol. The number of nitrogens with zero attached hydrogens (tertiary/aromatic N) is 2. The molecule has 1 unspecified atom stereocenters. The minimum absolute atomic E-state index is 0. The average molecular weight is 677 g/mol. The fourth-order valence-corrected chi connectivity index (χ4v) is 2.28. The van der Waals surface area contributed by atoms with E-state index in [2.05, 4.69) is 74.7 Å². The molecule has 0 amide bonds. The Morgan fingerprint density at radius 1 is 1.60 bits per heavy atom. The highest BCUT2D eigenvalue weighted by Gasteiger charge is 2.30. The summed E-state index contributed by atoms with van der Waals surface area (Å²) in [5.74, 6) is 0.945. The predicted molar refractivity (Wildman–Crippen MR) is 83.9 cm³/mol. The largest absolute Gasteiger partial charge is 1.00 e. The summed E-state index contributed by atoms with van der Waals surface area (Å²) in [6.07, 6.45) is 3.70. The Hall–Kier alpha value is 2.09. The van der Waals surface area contributed by atoms with Crippen LogP contribution >= 0.6 is 71.4 Å². The maximum absolute atomic E-state index is 5.90. The highest BCUT2D eigenvalue weighted by molar-refractivity contribution is 15.0. The third-order valence-corrected chi connectivity index (χ3v) is 3.24. The van der Waals surface area contributed by atoms with Crippen molar-refractivity contribution in [3.8, 4) is 0 Å². The van der Waals surface area contributed by atoms with Crippen LogP contribution in [0.2, 0.25) is 5.15 Å². The lowest BCUT2D eigenvalue weighted by Crippen LogP contribution is -3.00. The molecule has 1 N–H and O–H groups in total. The van der Waals surface area contributed by atoms with Gasteiger partial charge >= 0.3 is 5.82 Å². The monoisotopic (exact) mass is 677 g/mol. The van der Waals surface area contributed by atoms with Crippen LogP contribution in [0.25, 0.3) is 0 Å². The Kier molecular flexibility index (Phi) is 10.3. The zero-order chi connectivity index (χ0) is 10.6. The first-order valence-corrected chi connectivity index (χ1v) is 12.0. The maximum Gasteiger partial charge on any atom is 0.313 e. The zero-order valence-electron chi connectivity index (χ0n) is 7.43. The van der Waals surface area contributed by atoms with E-state index in [1.807, 2.05) is 6.20 Å². The van der Waals surface area contributed by atoms with Crippen molar-refractivity contribution in [1.29, 1.82) is 0 Å². The van der Waals surface area contributed by atoms with E-state index in [0.717, 1.165) is 16.8 Å². The van der Waals surface area contributed by atoms with E-state index in [9.17, 15) is 0 Å². The fraction of sp³-hybridized carbons (Fsp3) is 0.429. The molecule has 0 fully saturated rings. The first kappa shape index (κ1) is 17.1. The first-order chi connectivity index (χ1) is 6.83. The number of nitrogens with one attached hydrogen (secondary N) is 1. The second kappa shape index (κ2) is 9.08. The zero-order valence-corrected chi connectivity index (χ0v) is 16.8. The van der Waals surface area contributed by atoms with E-state index in [0.29, 0.717) is 11.2 Å². The van der Waals surface area contributed by atoms with Crippen molar-refractivity contribution < 1.29 is 28.5 Å². The molecule has 1 aliphatic rings. The summed E-state index contributed by atoms with van der Waals surface area (Å²) >= 11 is 12.5. The number of anilines is 1. The summed E-state index contributed by atoms with van der Waals surface area (Å²) in [4.78, 5) is 4.00. The van der Waals surface area contributed by atoms with Gasteiger partial charge in [0.05, 0.1) is 6.20 Å². The molecule has 8 heteroatoms. The molecule has 0 spiro atoms. The van der Waals surface area contributed by atoms with Crippen molar-refractivity contribution in [1.82, 2.24) is 4.98 Å². The van der Waals surface area contributed by atoms with Crippen molar-refractivity contribution in [3.63, 3.8) is 0 Å². The number of rotatable bonds is 1. The van der Waals surface area contributed by atoms with Crippen molar-refractivity contribution >= 4 is 77.2 Å². The summed E-state index contributed by atoms with van der Waals surface area (Å²) in [5.41, 5.74) is 0. The van der Waals surface area contributed by atoms with Crippen molar-refractivity contribution in [3.05, 3.63) is 17.5 Å². The van der Waals surface area contributed by atoms with Gasteiger partial charge < -0.3 is 24.0 Å². The molecule has 2 rings (SSSR count). The standard InChI is InChI=1S/C7H7ClIN3.I2.HI/c8-6-7-11-4-5(3-9)12(7)2-1-10-6;1-2;/h1-2,5H,3-4H2;;1H. The normalized spacial score (nSPS) is 16.7. The molecule has 3 nitrogen and oxygen atoms in total. The van der Waals surface area contributed by atoms with E-state index in [-0.39, 0.29) is 24.0 Å². The molecule has 15 heavy (non-hydrogen) atoms. The van der Waals surface area contributed by atoms with Crippen LogP contribution in [0.4, 0.5) is 5.82 Å². The number of alkyl halides is 1. The lowest BCUT2D eigenvalue weighted by Gasteiger charge is -2.01. The Morgan fingerprint density at radius 2 is 2.27 bits per heavy atom. The molecule has 0 bridgehead atoms. The van der Waals surface area contributed by atoms with Crippen LogP contribution in [-0.4, -0.2) is 16.0 Å². The molecule has 0 radical (unpaired) electrons. The van der Waals surface area contributed by atoms with Crippen LogP contribution in [0.3, 0.4) is 0 Å². The summed E-state index contributed by atoms with van der Waals surface area (Å²) in [5, 5.41) is 3.79. The van der Waals surface area contributed by atoms with Crippen LogP contribution in [0.1, 0.15) is 6.04 Å². The summed E-state index contributed by atoms with van der Waals surface area (Å²) in [6.45, 7) is 0.953. The third kappa shape index (κ3) is 4.35. The number of halogens is 5. The molecule has 1 aromatic heterocycles. The molecule has 0 saturated heterocycles.